The molecule has 0 bridgehead atoms. The van der Waals surface area contributed by atoms with E-state index in [-0.39, 0.29) is 5.91 Å². The first-order chi connectivity index (χ1) is 14.1. The maximum absolute atomic E-state index is 12.4. The Balaban J connectivity index is 1.56. The monoisotopic (exact) mass is 389 g/mol. The molecule has 0 saturated heterocycles. The second-order valence-electron chi connectivity index (χ2n) is 6.81. The highest BCUT2D eigenvalue weighted by molar-refractivity contribution is 6.03. The smallest absolute Gasteiger partial charge is 0.258 e. The van der Waals surface area contributed by atoms with Crippen LogP contribution in [-0.2, 0) is 6.54 Å². The largest absolute Gasteiger partial charge is 0.372 e. The molecular weight excluding hydrogens is 362 g/mol. The Hall–Kier alpha value is -3.41. The molecular formula is C23H27N5O. The number of nitrogens with one attached hydrogen (secondary N) is 2. The van der Waals surface area contributed by atoms with Gasteiger partial charge in [-0.2, -0.15) is 0 Å². The van der Waals surface area contributed by atoms with Crippen LogP contribution in [-0.4, -0.2) is 29.0 Å². The lowest BCUT2D eigenvalue weighted by molar-refractivity contribution is 0.102. The second-order valence-corrected chi connectivity index (χ2v) is 6.81. The van der Waals surface area contributed by atoms with Crippen molar-refractivity contribution in [2.24, 2.45) is 0 Å². The Morgan fingerprint density at radius 1 is 0.931 bits per heavy atom. The van der Waals surface area contributed by atoms with Gasteiger partial charge in [-0.3, -0.25) is 4.79 Å². The molecule has 0 spiro atoms. The molecule has 150 valence electrons. The highest BCUT2D eigenvalue weighted by Gasteiger charge is 2.09. The summed E-state index contributed by atoms with van der Waals surface area (Å²) in [6.07, 6.45) is 3.06. The minimum atomic E-state index is -0.231. The zero-order valence-electron chi connectivity index (χ0n) is 17.1. The molecule has 1 amide bonds. The molecule has 0 fully saturated rings. The van der Waals surface area contributed by atoms with Crippen molar-refractivity contribution < 1.29 is 4.79 Å². The zero-order valence-corrected chi connectivity index (χ0v) is 17.1. The van der Waals surface area contributed by atoms with Crippen molar-refractivity contribution in [3.63, 3.8) is 0 Å². The summed E-state index contributed by atoms with van der Waals surface area (Å²) in [4.78, 5) is 23.2. The zero-order chi connectivity index (χ0) is 20.6. The van der Waals surface area contributed by atoms with Crippen LogP contribution in [0.25, 0.3) is 0 Å². The van der Waals surface area contributed by atoms with Crippen LogP contribution in [0.1, 0.15) is 35.3 Å². The van der Waals surface area contributed by atoms with Gasteiger partial charge in [0.25, 0.3) is 5.91 Å². The van der Waals surface area contributed by atoms with E-state index in [1.165, 1.54) is 18.0 Å². The predicted molar refractivity (Wildman–Crippen MR) is 118 cm³/mol. The lowest BCUT2D eigenvalue weighted by Gasteiger charge is -2.21. The maximum Gasteiger partial charge on any atom is 0.258 e. The maximum atomic E-state index is 12.4. The Bertz CT molecular complexity index is 917. The van der Waals surface area contributed by atoms with Crippen LogP contribution in [0.3, 0.4) is 0 Å². The van der Waals surface area contributed by atoms with Gasteiger partial charge < -0.3 is 15.5 Å². The fraction of sp³-hybridized carbons (Fsp3) is 0.261. The highest BCUT2D eigenvalue weighted by atomic mass is 16.1. The van der Waals surface area contributed by atoms with Crippen LogP contribution in [0.4, 0.5) is 17.3 Å². The SMILES string of the molecule is CCN(CC)c1ccc(NC(=O)c2cnc(NCc3ccc(C)cc3)nc2)cc1. The van der Waals surface area contributed by atoms with E-state index in [4.69, 9.17) is 0 Å². The number of hydrogen-bond acceptors (Lipinski definition) is 5. The van der Waals surface area contributed by atoms with Crippen molar-refractivity contribution in [2.75, 3.05) is 28.6 Å². The molecule has 0 aliphatic heterocycles. The van der Waals surface area contributed by atoms with Crippen molar-refractivity contribution in [3.8, 4) is 0 Å². The Kier molecular flexibility index (Phi) is 6.79. The molecule has 0 unspecified atom stereocenters. The number of aryl methyl sites for hydroxylation is 1. The number of rotatable bonds is 8. The Labute approximate surface area is 172 Å². The molecule has 3 rings (SSSR count). The Morgan fingerprint density at radius 2 is 1.55 bits per heavy atom. The third-order valence-electron chi connectivity index (χ3n) is 4.74. The number of aromatic nitrogens is 2. The average molecular weight is 390 g/mol. The van der Waals surface area contributed by atoms with Gasteiger partial charge in [0.05, 0.1) is 5.56 Å². The number of amides is 1. The summed E-state index contributed by atoms with van der Waals surface area (Å²) < 4.78 is 0. The van der Waals surface area contributed by atoms with E-state index in [2.05, 4.69) is 70.5 Å². The van der Waals surface area contributed by atoms with Gasteiger partial charge in [-0.25, -0.2) is 9.97 Å². The minimum absolute atomic E-state index is 0.231. The van der Waals surface area contributed by atoms with Gasteiger partial charge in [-0.15, -0.1) is 0 Å². The molecule has 6 nitrogen and oxygen atoms in total. The van der Waals surface area contributed by atoms with E-state index in [1.807, 2.05) is 24.3 Å². The van der Waals surface area contributed by atoms with Crippen LogP contribution in [0.5, 0.6) is 0 Å². The number of benzene rings is 2. The molecule has 0 atom stereocenters. The van der Waals surface area contributed by atoms with Gasteiger partial charge in [0.15, 0.2) is 0 Å². The molecule has 0 saturated carbocycles. The fourth-order valence-corrected chi connectivity index (χ4v) is 2.97. The summed E-state index contributed by atoms with van der Waals surface area (Å²) in [5.41, 5.74) is 4.67. The topological polar surface area (TPSA) is 70.2 Å². The van der Waals surface area contributed by atoms with Gasteiger partial charge in [0, 0.05) is 43.4 Å². The molecule has 2 N–H and O–H groups in total. The van der Waals surface area contributed by atoms with Crippen LogP contribution in [0, 0.1) is 6.92 Å². The second kappa shape index (κ2) is 9.68. The van der Waals surface area contributed by atoms with Gasteiger partial charge >= 0.3 is 0 Å². The number of carbonyl (C=O) groups excluding carboxylic acids is 1. The molecule has 6 heteroatoms. The van der Waals surface area contributed by atoms with Gasteiger partial charge in [0.1, 0.15) is 0 Å². The van der Waals surface area contributed by atoms with Gasteiger partial charge in [0.2, 0.25) is 5.95 Å². The summed E-state index contributed by atoms with van der Waals surface area (Å²) in [5.74, 6) is 0.261. The summed E-state index contributed by atoms with van der Waals surface area (Å²) in [7, 11) is 0. The van der Waals surface area contributed by atoms with Crippen molar-refractivity contribution in [1.29, 1.82) is 0 Å². The van der Waals surface area contributed by atoms with Crippen LogP contribution < -0.4 is 15.5 Å². The average Bonchev–Trinajstić information content (AvgIpc) is 2.76. The number of carbonyl (C=O) groups is 1. The van der Waals surface area contributed by atoms with Crippen molar-refractivity contribution in [3.05, 3.63) is 77.6 Å². The van der Waals surface area contributed by atoms with E-state index >= 15 is 0 Å². The fourth-order valence-electron chi connectivity index (χ4n) is 2.97. The lowest BCUT2D eigenvalue weighted by Crippen LogP contribution is -2.21. The van der Waals surface area contributed by atoms with Crippen LogP contribution >= 0.6 is 0 Å². The first-order valence-electron chi connectivity index (χ1n) is 9.87. The molecule has 1 aromatic heterocycles. The molecule has 1 heterocycles. The van der Waals surface area contributed by atoms with E-state index in [1.54, 1.807) is 0 Å². The summed E-state index contributed by atoms with van der Waals surface area (Å²) in [5, 5.41) is 6.05. The number of hydrogen-bond donors (Lipinski definition) is 2. The molecule has 0 aliphatic carbocycles. The van der Waals surface area contributed by atoms with Crippen molar-refractivity contribution >= 4 is 23.2 Å². The summed E-state index contributed by atoms with van der Waals surface area (Å²) in [6.45, 7) is 8.83. The highest BCUT2D eigenvalue weighted by Crippen LogP contribution is 2.18. The van der Waals surface area contributed by atoms with Crippen LogP contribution in [0.2, 0.25) is 0 Å². The number of anilines is 3. The first-order valence-corrected chi connectivity index (χ1v) is 9.87. The van der Waals surface area contributed by atoms with Crippen molar-refractivity contribution in [1.82, 2.24) is 9.97 Å². The molecule has 29 heavy (non-hydrogen) atoms. The third-order valence-corrected chi connectivity index (χ3v) is 4.74. The molecule has 0 radical (unpaired) electrons. The van der Waals surface area contributed by atoms with Crippen LogP contribution in [0.15, 0.2) is 60.9 Å². The van der Waals surface area contributed by atoms with Gasteiger partial charge in [-0.1, -0.05) is 29.8 Å². The normalized spacial score (nSPS) is 10.4. The third kappa shape index (κ3) is 5.54. The number of nitrogens with zero attached hydrogens (tertiary/aromatic N) is 3. The molecule has 3 aromatic rings. The predicted octanol–water partition coefficient (Wildman–Crippen LogP) is 4.50. The molecule has 2 aromatic carbocycles. The minimum Gasteiger partial charge on any atom is -0.372 e. The summed E-state index contributed by atoms with van der Waals surface area (Å²) in [6, 6.07) is 16.1. The van der Waals surface area contributed by atoms with E-state index < -0.39 is 0 Å². The first kappa shape index (κ1) is 20.3. The Morgan fingerprint density at radius 3 is 2.14 bits per heavy atom. The molecule has 0 aliphatic rings. The van der Waals surface area contributed by atoms with Crippen molar-refractivity contribution in [2.45, 2.75) is 27.3 Å². The van der Waals surface area contributed by atoms with Gasteiger partial charge in [-0.05, 0) is 50.6 Å². The van der Waals surface area contributed by atoms with E-state index in [0.717, 1.165) is 30.0 Å². The van der Waals surface area contributed by atoms with E-state index in [9.17, 15) is 4.79 Å². The lowest BCUT2D eigenvalue weighted by atomic mass is 10.1. The van der Waals surface area contributed by atoms with E-state index in [0.29, 0.717) is 18.1 Å². The standard InChI is InChI=1S/C23H27N5O/c1-4-28(5-2)21-12-10-20(11-13-21)27-22(29)19-15-25-23(26-16-19)24-14-18-8-6-17(3)7-9-18/h6-13,15-16H,4-5,14H2,1-3H3,(H,27,29)(H,24,25,26). The quantitative estimate of drug-likeness (QED) is 0.594. The summed E-state index contributed by atoms with van der Waals surface area (Å²) >= 11 is 0.